The Kier molecular flexibility index (Phi) is 6.97. The molecule has 7 aromatic rings. The lowest BCUT2D eigenvalue weighted by atomic mass is 9.82. The Hall–Kier alpha value is -4.83. The fraction of sp³-hybridized carbons (Fsp3) is 0.0976. The van der Waals surface area contributed by atoms with E-state index in [0.29, 0.717) is 16.6 Å². The Morgan fingerprint density at radius 1 is 0.696 bits per heavy atom. The normalized spacial score (nSPS) is 14.4. The molecule has 3 nitrogen and oxygen atoms in total. The van der Waals surface area contributed by atoms with Crippen LogP contribution in [0.2, 0.25) is 10.0 Å². The molecule has 0 aliphatic carbocycles. The Labute approximate surface area is 278 Å². The van der Waals surface area contributed by atoms with Crippen LogP contribution in [0.5, 0.6) is 0 Å². The topological polar surface area (TPSA) is 25.2 Å². The molecule has 0 saturated heterocycles. The van der Waals surface area contributed by atoms with Gasteiger partial charge in [0, 0.05) is 44.6 Å². The SMILES string of the molecule is Cc1ccc(-c2c([C@@H]3C(=O)N(Cc4ccccc4)c4ccc(Cl)cc43)cc(-c3ccc(Cl)cc3)c3c4ccccc4n(C)c23)cc1. The van der Waals surface area contributed by atoms with Gasteiger partial charge >= 0.3 is 0 Å². The summed E-state index contributed by atoms with van der Waals surface area (Å²) in [6, 6.07) is 43.4. The van der Waals surface area contributed by atoms with Crippen LogP contribution in [0.1, 0.15) is 28.2 Å². The number of nitrogens with zero attached hydrogens (tertiary/aromatic N) is 2. The number of rotatable bonds is 5. The monoisotopic (exact) mass is 636 g/mol. The van der Waals surface area contributed by atoms with Gasteiger partial charge in [0.1, 0.15) is 0 Å². The predicted molar refractivity (Wildman–Crippen MR) is 192 cm³/mol. The van der Waals surface area contributed by atoms with Crippen LogP contribution in [-0.4, -0.2) is 10.5 Å². The largest absolute Gasteiger partial charge is 0.343 e. The van der Waals surface area contributed by atoms with Crippen LogP contribution >= 0.6 is 23.2 Å². The van der Waals surface area contributed by atoms with Gasteiger partial charge in [0.05, 0.1) is 18.0 Å². The second-order valence-electron chi connectivity index (χ2n) is 12.1. The van der Waals surface area contributed by atoms with Crippen LogP contribution in [0.25, 0.3) is 44.1 Å². The number of carbonyl (C=O) groups is 1. The number of hydrogen-bond donors (Lipinski definition) is 0. The molecule has 1 atom stereocenters. The van der Waals surface area contributed by atoms with E-state index in [9.17, 15) is 4.79 Å². The molecular weight excluding hydrogens is 607 g/mol. The molecule has 1 aliphatic rings. The Morgan fingerprint density at radius 2 is 1.37 bits per heavy atom. The summed E-state index contributed by atoms with van der Waals surface area (Å²) in [5.41, 5.74) is 11.5. The van der Waals surface area contributed by atoms with Crippen LogP contribution in [0.15, 0.2) is 127 Å². The first-order valence-electron chi connectivity index (χ1n) is 15.4. The number of halogens is 2. The molecule has 0 N–H and O–H groups in total. The van der Waals surface area contributed by atoms with E-state index in [4.69, 9.17) is 23.2 Å². The minimum atomic E-state index is -0.554. The van der Waals surface area contributed by atoms with Gasteiger partial charge in [-0.15, -0.1) is 0 Å². The molecule has 0 bridgehead atoms. The van der Waals surface area contributed by atoms with Crippen molar-refractivity contribution in [1.82, 2.24) is 4.57 Å². The van der Waals surface area contributed by atoms with Crippen LogP contribution in [-0.2, 0) is 18.4 Å². The molecule has 0 radical (unpaired) electrons. The van der Waals surface area contributed by atoms with Gasteiger partial charge in [-0.05, 0) is 82.8 Å². The quantitative estimate of drug-likeness (QED) is 0.184. The van der Waals surface area contributed by atoms with Crippen molar-refractivity contribution in [2.75, 3.05) is 4.90 Å². The van der Waals surface area contributed by atoms with E-state index in [1.54, 1.807) is 0 Å². The van der Waals surface area contributed by atoms with E-state index in [0.717, 1.165) is 66.4 Å². The second kappa shape index (κ2) is 11.2. The zero-order valence-electron chi connectivity index (χ0n) is 25.5. The lowest BCUT2D eigenvalue weighted by Crippen LogP contribution is -2.28. The first-order chi connectivity index (χ1) is 22.4. The highest BCUT2D eigenvalue weighted by molar-refractivity contribution is 6.31. The summed E-state index contributed by atoms with van der Waals surface area (Å²) in [7, 11) is 2.13. The third-order valence-electron chi connectivity index (χ3n) is 9.30. The second-order valence-corrected chi connectivity index (χ2v) is 13.0. The van der Waals surface area contributed by atoms with Gasteiger partial charge in [-0.25, -0.2) is 0 Å². The maximum atomic E-state index is 14.9. The molecule has 224 valence electrons. The Balaban J connectivity index is 1.48. The highest BCUT2D eigenvalue weighted by atomic mass is 35.5. The number of para-hydroxylation sites is 1. The van der Waals surface area contributed by atoms with E-state index >= 15 is 0 Å². The molecule has 8 rings (SSSR count). The number of fused-ring (bicyclic) bond motifs is 4. The number of benzene rings is 6. The summed E-state index contributed by atoms with van der Waals surface area (Å²) >= 11 is 13.1. The highest BCUT2D eigenvalue weighted by Crippen LogP contribution is 2.51. The first kappa shape index (κ1) is 28.6. The van der Waals surface area contributed by atoms with E-state index in [1.165, 1.54) is 5.56 Å². The summed E-state index contributed by atoms with van der Waals surface area (Å²) in [6.07, 6.45) is 0. The van der Waals surface area contributed by atoms with Crippen molar-refractivity contribution in [3.8, 4) is 22.3 Å². The lowest BCUT2D eigenvalue weighted by Gasteiger charge is -2.22. The maximum absolute atomic E-state index is 14.9. The summed E-state index contributed by atoms with van der Waals surface area (Å²) in [6.45, 7) is 2.58. The van der Waals surface area contributed by atoms with E-state index in [-0.39, 0.29) is 5.91 Å². The molecule has 0 spiro atoms. The summed E-state index contributed by atoms with van der Waals surface area (Å²) in [5.74, 6) is -0.517. The summed E-state index contributed by atoms with van der Waals surface area (Å²) < 4.78 is 2.28. The van der Waals surface area contributed by atoms with Gasteiger partial charge in [-0.3, -0.25) is 4.79 Å². The molecule has 5 heteroatoms. The van der Waals surface area contributed by atoms with Crippen molar-refractivity contribution in [2.45, 2.75) is 19.4 Å². The molecule has 0 fully saturated rings. The zero-order valence-corrected chi connectivity index (χ0v) is 27.0. The van der Waals surface area contributed by atoms with Crippen molar-refractivity contribution in [1.29, 1.82) is 0 Å². The predicted octanol–water partition coefficient (Wildman–Crippen LogP) is 11.0. The van der Waals surface area contributed by atoms with Crippen LogP contribution in [0, 0.1) is 6.92 Å². The molecule has 46 heavy (non-hydrogen) atoms. The summed E-state index contributed by atoms with van der Waals surface area (Å²) in [4.78, 5) is 16.8. The highest BCUT2D eigenvalue weighted by Gasteiger charge is 2.41. The fourth-order valence-electron chi connectivity index (χ4n) is 7.14. The van der Waals surface area contributed by atoms with E-state index in [2.05, 4.69) is 97.4 Å². The Morgan fingerprint density at radius 3 is 2.13 bits per heavy atom. The number of carbonyl (C=O) groups excluding carboxylic acids is 1. The molecular formula is C41H30Cl2N2O. The molecule has 1 aromatic heterocycles. The Bertz CT molecular complexity index is 2290. The van der Waals surface area contributed by atoms with Gasteiger partial charge < -0.3 is 9.47 Å². The molecule has 0 unspecified atom stereocenters. The van der Waals surface area contributed by atoms with Gasteiger partial charge in [-0.2, -0.15) is 0 Å². The van der Waals surface area contributed by atoms with Crippen molar-refractivity contribution >= 4 is 56.6 Å². The molecule has 2 heterocycles. The van der Waals surface area contributed by atoms with Crippen LogP contribution in [0.4, 0.5) is 5.69 Å². The average Bonchev–Trinajstić information content (AvgIpc) is 3.51. The lowest BCUT2D eigenvalue weighted by molar-refractivity contribution is -0.118. The number of aryl methyl sites for hydroxylation is 2. The van der Waals surface area contributed by atoms with Crippen molar-refractivity contribution in [3.63, 3.8) is 0 Å². The maximum Gasteiger partial charge on any atom is 0.239 e. The van der Waals surface area contributed by atoms with Gasteiger partial charge in [0.25, 0.3) is 0 Å². The molecule has 1 amide bonds. The minimum absolute atomic E-state index is 0.0367. The average molecular weight is 638 g/mol. The summed E-state index contributed by atoms with van der Waals surface area (Å²) in [5, 5.41) is 3.61. The van der Waals surface area contributed by atoms with Gasteiger partial charge in [-0.1, -0.05) is 114 Å². The standard InChI is InChI=1S/C41H30Cl2N2O/c1-25-12-14-28(15-13-25)37-34(39-33-22-30(43)20-21-36(33)45(41(39)46)24-26-8-4-3-5-9-26)23-32(27-16-18-29(42)19-17-27)38-31-10-6-7-11-35(31)44(2)40(37)38/h3-23,39H,24H2,1-2H3/t39-/m1/s1. The zero-order chi connectivity index (χ0) is 31.5. The third-order valence-corrected chi connectivity index (χ3v) is 9.78. The van der Waals surface area contributed by atoms with Crippen molar-refractivity contribution < 1.29 is 4.79 Å². The van der Waals surface area contributed by atoms with Crippen LogP contribution in [0.3, 0.4) is 0 Å². The van der Waals surface area contributed by atoms with Gasteiger partial charge in [0.15, 0.2) is 0 Å². The van der Waals surface area contributed by atoms with Crippen molar-refractivity contribution in [2.24, 2.45) is 7.05 Å². The van der Waals surface area contributed by atoms with E-state index in [1.807, 2.05) is 53.4 Å². The molecule has 1 aliphatic heterocycles. The van der Waals surface area contributed by atoms with Crippen molar-refractivity contribution in [3.05, 3.63) is 160 Å². The number of anilines is 1. The number of amides is 1. The fourth-order valence-corrected chi connectivity index (χ4v) is 7.45. The molecule has 0 saturated carbocycles. The minimum Gasteiger partial charge on any atom is -0.343 e. The van der Waals surface area contributed by atoms with Gasteiger partial charge in [0.2, 0.25) is 5.91 Å². The third kappa shape index (κ3) is 4.62. The molecule has 6 aromatic carbocycles. The number of hydrogen-bond acceptors (Lipinski definition) is 1. The van der Waals surface area contributed by atoms with Crippen LogP contribution < -0.4 is 4.90 Å². The first-order valence-corrected chi connectivity index (χ1v) is 16.2. The smallest absolute Gasteiger partial charge is 0.239 e. The number of aromatic nitrogens is 1. The van der Waals surface area contributed by atoms with E-state index < -0.39 is 5.92 Å².